The van der Waals surface area contributed by atoms with Crippen molar-refractivity contribution in [2.24, 2.45) is 0 Å². The van der Waals surface area contributed by atoms with E-state index < -0.39 is 0 Å². The number of unbranched alkanes of at least 4 members (excludes halogenated alkanes) is 6. The van der Waals surface area contributed by atoms with Gasteiger partial charge in [-0.05, 0) is 13.5 Å². The van der Waals surface area contributed by atoms with Crippen LogP contribution in [0.4, 0.5) is 0 Å². The third kappa shape index (κ3) is 22.3. The van der Waals surface area contributed by atoms with Gasteiger partial charge in [-0.1, -0.05) is 46.0 Å². The fraction of sp³-hybridized carbons (Fsp3) is 0.857. The van der Waals surface area contributed by atoms with Crippen LogP contribution in [0.5, 0.6) is 0 Å². The zero-order valence-electron chi connectivity index (χ0n) is 13.0. The summed E-state index contributed by atoms with van der Waals surface area (Å²) in [5.41, 5.74) is 0. The molecule has 0 aromatic carbocycles. The van der Waals surface area contributed by atoms with Gasteiger partial charge in [0.2, 0.25) is 5.91 Å². The standard InChI is InChI=1S/C12H25N2O.C2H6.K/c1-3-4-5-6-7-8-9-10-14-12(15)11-13-2;1-2;/h13H,1,3-11H2,2H3,(H,14,15);1-2H3;/q-1;;+1. The first-order valence-electron chi connectivity index (χ1n) is 7.01. The van der Waals surface area contributed by atoms with Crippen LogP contribution in [0.2, 0.25) is 0 Å². The van der Waals surface area contributed by atoms with E-state index >= 15 is 0 Å². The maximum absolute atomic E-state index is 11.0. The van der Waals surface area contributed by atoms with E-state index in [4.69, 9.17) is 0 Å². The molecule has 0 aliphatic carbocycles. The molecule has 0 heterocycles. The number of likely N-dealkylation sites (N-methyl/N-ethyl adjacent to an activating group) is 1. The summed E-state index contributed by atoms with van der Waals surface area (Å²) in [6.07, 6.45) is 8.51. The topological polar surface area (TPSA) is 41.1 Å². The van der Waals surface area contributed by atoms with E-state index in [2.05, 4.69) is 17.6 Å². The molecule has 104 valence electrons. The second-order valence-electron chi connectivity index (χ2n) is 3.86. The monoisotopic (exact) mass is 282 g/mol. The number of carbonyl (C=O) groups excluding carboxylic acids is 1. The van der Waals surface area contributed by atoms with Gasteiger partial charge in [0.1, 0.15) is 0 Å². The molecule has 0 saturated carbocycles. The zero-order chi connectivity index (χ0) is 13.4. The van der Waals surface area contributed by atoms with Gasteiger partial charge in [0.25, 0.3) is 0 Å². The van der Waals surface area contributed by atoms with Gasteiger partial charge in [0, 0.05) is 6.54 Å². The first-order chi connectivity index (χ1) is 8.31. The summed E-state index contributed by atoms with van der Waals surface area (Å²) in [6.45, 7) is 9.05. The Morgan fingerprint density at radius 1 is 1.00 bits per heavy atom. The number of hydrogen-bond donors (Lipinski definition) is 2. The molecule has 2 N–H and O–H groups in total. The first kappa shape index (κ1) is 24.1. The van der Waals surface area contributed by atoms with Crippen molar-refractivity contribution in [1.29, 1.82) is 0 Å². The molecular formula is C14H31KN2O. The Morgan fingerprint density at radius 3 is 2.00 bits per heavy atom. The molecule has 0 atom stereocenters. The molecule has 4 heteroatoms. The molecule has 0 fully saturated rings. The average molecular weight is 283 g/mol. The molecule has 0 aromatic heterocycles. The zero-order valence-corrected chi connectivity index (χ0v) is 16.1. The Kier molecular flexibility index (Phi) is 31.0. The van der Waals surface area contributed by atoms with Crippen molar-refractivity contribution in [1.82, 2.24) is 10.6 Å². The number of rotatable bonds is 10. The van der Waals surface area contributed by atoms with Crippen LogP contribution in [0.25, 0.3) is 0 Å². The normalized spacial score (nSPS) is 8.89. The second-order valence-corrected chi connectivity index (χ2v) is 3.86. The van der Waals surface area contributed by atoms with E-state index in [-0.39, 0.29) is 57.3 Å². The van der Waals surface area contributed by atoms with E-state index in [9.17, 15) is 4.79 Å². The van der Waals surface area contributed by atoms with Crippen LogP contribution in [0.15, 0.2) is 0 Å². The summed E-state index contributed by atoms with van der Waals surface area (Å²) in [4.78, 5) is 11.0. The van der Waals surface area contributed by atoms with Gasteiger partial charge in [-0.2, -0.15) is 6.42 Å². The summed E-state index contributed by atoms with van der Waals surface area (Å²) in [5.74, 6) is 0.0922. The fourth-order valence-electron chi connectivity index (χ4n) is 1.46. The van der Waals surface area contributed by atoms with Crippen LogP contribution in [-0.4, -0.2) is 26.0 Å². The van der Waals surface area contributed by atoms with Gasteiger partial charge in [0.15, 0.2) is 0 Å². The maximum Gasteiger partial charge on any atom is 1.00 e. The van der Waals surface area contributed by atoms with Crippen molar-refractivity contribution in [2.45, 2.75) is 58.8 Å². The van der Waals surface area contributed by atoms with Gasteiger partial charge in [-0.25, -0.2) is 0 Å². The van der Waals surface area contributed by atoms with E-state index in [0.29, 0.717) is 6.54 Å². The summed E-state index contributed by atoms with van der Waals surface area (Å²) >= 11 is 0. The molecule has 0 unspecified atom stereocenters. The van der Waals surface area contributed by atoms with Crippen molar-refractivity contribution in [3.8, 4) is 0 Å². The summed E-state index contributed by atoms with van der Waals surface area (Å²) < 4.78 is 0. The minimum absolute atomic E-state index is 0. The quantitative estimate of drug-likeness (QED) is 0.334. The Labute approximate surface area is 157 Å². The van der Waals surface area contributed by atoms with Gasteiger partial charge < -0.3 is 17.6 Å². The number of nitrogens with one attached hydrogen (secondary N) is 2. The van der Waals surface area contributed by atoms with Gasteiger partial charge in [0.05, 0.1) is 6.54 Å². The Bertz CT molecular complexity index is 155. The van der Waals surface area contributed by atoms with Gasteiger partial charge in [-0.15, -0.1) is 0 Å². The first-order valence-corrected chi connectivity index (χ1v) is 7.01. The molecule has 0 saturated heterocycles. The smallest absolute Gasteiger partial charge is 0.355 e. The molecule has 0 radical (unpaired) electrons. The summed E-state index contributed by atoms with van der Waals surface area (Å²) in [7, 11) is 1.78. The molecule has 0 rings (SSSR count). The van der Waals surface area contributed by atoms with Crippen molar-refractivity contribution in [2.75, 3.05) is 20.1 Å². The van der Waals surface area contributed by atoms with Gasteiger partial charge in [-0.3, -0.25) is 4.79 Å². The van der Waals surface area contributed by atoms with E-state index in [1.807, 2.05) is 13.8 Å². The third-order valence-electron chi connectivity index (χ3n) is 2.34. The van der Waals surface area contributed by atoms with E-state index in [1.54, 1.807) is 7.05 Å². The predicted molar refractivity (Wildman–Crippen MR) is 76.0 cm³/mol. The molecule has 0 bridgehead atoms. The Hall–Kier alpha value is 1.07. The molecule has 0 aromatic rings. The third-order valence-corrected chi connectivity index (χ3v) is 2.34. The van der Waals surface area contributed by atoms with Crippen LogP contribution in [0.3, 0.4) is 0 Å². The molecule has 0 aliphatic rings. The van der Waals surface area contributed by atoms with Crippen molar-refractivity contribution < 1.29 is 56.2 Å². The molecule has 3 nitrogen and oxygen atoms in total. The number of hydrogen-bond acceptors (Lipinski definition) is 2. The summed E-state index contributed by atoms with van der Waals surface area (Å²) in [6, 6.07) is 0. The minimum atomic E-state index is 0. The molecule has 1 amide bonds. The van der Waals surface area contributed by atoms with Crippen LogP contribution < -0.4 is 62.0 Å². The number of carbonyl (C=O) groups is 1. The molecule has 0 aliphatic heterocycles. The van der Waals surface area contributed by atoms with Crippen LogP contribution in [0.1, 0.15) is 58.8 Å². The van der Waals surface area contributed by atoms with Crippen LogP contribution in [-0.2, 0) is 4.79 Å². The van der Waals surface area contributed by atoms with Gasteiger partial charge >= 0.3 is 51.4 Å². The predicted octanol–water partition coefficient (Wildman–Crippen LogP) is -0.0830. The van der Waals surface area contributed by atoms with Crippen LogP contribution in [0, 0.1) is 6.92 Å². The SMILES string of the molecule is CC.[CH2-]CCCCCCCCNC(=O)CNC.[K+]. The molecule has 0 spiro atoms. The van der Waals surface area contributed by atoms with E-state index in [0.717, 1.165) is 19.4 Å². The molecular weight excluding hydrogens is 251 g/mol. The summed E-state index contributed by atoms with van der Waals surface area (Å²) in [5, 5.41) is 5.70. The number of amides is 1. The maximum atomic E-state index is 11.0. The van der Waals surface area contributed by atoms with Crippen LogP contribution >= 0.6 is 0 Å². The van der Waals surface area contributed by atoms with Crippen molar-refractivity contribution in [3.05, 3.63) is 6.92 Å². The molecule has 18 heavy (non-hydrogen) atoms. The van der Waals surface area contributed by atoms with Crippen molar-refractivity contribution >= 4 is 5.91 Å². The Morgan fingerprint density at radius 2 is 1.50 bits per heavy atom. The Balaban J connectivity index is -0.000000709. The fourth-order valence-corrected chi connectivity index (χ4v) is 1.46. The second kappa shape index (κ2) is 23.2. The van der Waals surface area contributed by atoms with E-state index in [1.165, 1.54) is 32.1 Å². The van der Waals surface area contributed by atoms with Crippen molar-refractivity contribution in [3.63, 3.8) is 0 Å². The minimum Gasteiger partial charge on any atom is -0.355 e. The average Bonchev–Trinajstić information content (AvgIpc) is 2.35. The largest absolute Gasteiger partial charge is 1.00 e.